The minimum absolute atomic E-state index is 0.120. The number of thiocarbonyl (C=S) groups is 1. The highest BCUT2D eigenvalue weighted by atomic mass is 32.1. The highest BCUT2D eigenvalue weighted by molar-refractivity contribution is 7.80. The molecule has 8 heteroatoms. The van der Waals surface area contributed by atoms with Crippen molar-refractivity contribution in [3.8, 4) is 11.5 Å². The first-order valence-electron chi connectivity index (χ1n) is 7.17. The molecular weight excluding hydrogens is 330 g/mol. The number of benzene rings is 2. The lowest BCUT2D eigenvalue weighted by Crippen LogP contribution is -2.20. The maximum Gasteiger partial charge on any atom is 0.296 e. The van der Waals surface area contributed by atoms with Gasteiger partial charge in [0.25, 0.3) is 5.69 Å². The smallest absolute Gasteiger partial charge is 0.296 e. The van der Waals surface area contributed by atoms with Crippen molar-refractivity contribution in [2.24, 2.45) is 0 Å². The summed E-state index contributed by atoms with van der Waals surface area (Å²) in [5, 5.41) is 17.2. The fraction of sp³-hybridized carbons (Fsp3) is 0.188. The Hall–Kier alpha value is -2.87. The Balaban J connectivity index is 2.17. The zero-order chi connectivity index (χ0) is 17.5. The topological polar surface area (TPSA) is 85.7 Å². The van der Waals surface area contributed by atoms with E-state index in [1.165, 1.54) is 6.07 Å². The number of hydrogen-bond acceptors (Lipinski definition) is 5. The summed E-state index contributed by atoms with van der Waals surface area (Å²) in [6, 6.07) is 11.8. The van der Waals surface area contributed by atoms with E-state index in [1.54, 1.807) is 31.4 Å². The van der Waals surface area contributed by atoms with Crippen molar-refractivity contribution in [3.05, 3.63) is 52.6 Å². The van der Waals surface area contributed by atoms with E-state index in [9.17, 15) is 10.1 Å². The second-order valence-corrected chi connectivity index (χ2v) is 5.06. The lowest BCUT2D eigenvalue weighted by molar-refractivity contribution is -0.384. The molecular formula is C16H17N3O4S. The molecule has 0 saturated heterocycles. The number of hydrogen-bond donors (Lipinski definition) is 2. The molecule has 0 heterocycles. The van der Waals surface area contributed by atoms with Gasteiger partial charge in [0.2, 0.25) is 0 Å². The van der Waals surface area contributed by atoms with Gasteiger partial charge in [-0.05, 0) is 43.4 Å². The van der Waals surface area contributed by atoms with E-state index in [2.05, 4.69) is 10.6 Å². The molecule has 0 amide bonds. The number of nitrogens with zero attached hydrogens (tertiary/aromatic N) is 1. The lowest BCUT2D eigenvalue weighted by atomic mass is 10.2. The Labute approximate surface area is 144 Å². The van der Waals surface area contributed by atoms with E-state index < -0.39 is 4.92 Å². The number of methoxy groups -OCH3 is 1. The summed E-state index contributed by atoms with van der Waals surface area (Å²) in [5.41, 5.74) is 0.812. The maximum atomic E-state index is 11.2. The van der Waals surface area contributed by atoms with Crippen LogP contribution in [0.1, 0.15) is 6.92 Å². The highest BCUT2D eigenvalue weighted by Gasteiger charge is 2.16. The third-order valence-electron chi connectivity index (χ3n) is 3.08. The van der Waals surface area contributed by atoms with Gasteiger partial charge >= 0.3 is 0 Å². The molecule has 2 rings (SSSR count). The minimum Gasteiger partial charge on any atom is -0.495 e. The Kier molecular flexibility index (Phi) is 5.91. The Morgan fingerprint density at radius 3 is 2.58 bits per heavy atom. The van der Waals surface area contributed by atoms with Gasteiger partial charge in [-0.1, -0.05) is 12.1 Å². The summed E-state index contributed by atoms with van der Waals surface area (Å²) in [6.45, 7) is 2.24. The predicted octanol–water partition coefficient (Wildman–Crippen LogP) is 3.81. The van der Waals surface area contributed by atoms with E-state index in [1.807, 2.05) is 19.1 Å². The van der Waals surface area contributed by atoms with Crippen molar-refractivity contribution < 1.29 is 14.4 Å². The van der Waals surface area contributed by atoms with Crippen LogP contribution in [0.15, 0.2) is 42.5 Å². The van der Waals surface area contributed by atoms with Crippen molar-refractivity contribution in [2.75, 3.05) is 24.4 Å². The van der Waals surface area contributed by atoms with Crippen molar-refractivity contribution >= 4 is 34.4 Å². The van der Waals surface area contributed by atoms with E-state index in [4.69, 9.17) is 21.7 Å². The fourth-order valence-electron chi connectivity index (χ4n) is 2.05. The van der Waals surface area contributed by atoms with Gasteiger partial charge in [0.1, 0.15) is 17.2 Å². The second kappa shape index (κ2) is 8.11. The molecule has 0 aromatic heterocycles. The average molecular weight is 347 g/mol. The van der Waals surface area contributed by atoms with E-state index in [0.717, 1.165) is 0 Å². The van der Waals surface area contributed by atoms with Crippen LogP contribution >= 0.6 is 12.2 Å². The number of nitro benzene ring substituents is 1. The molecule has 2 aromatic rings. The molecule has 0 radical (unpaired) electrons. The van der Waals surface area contributed by atoms with Crippen LogP contribution < -0.4 is 20.1 Å². The molecule has 0 fully saturated rings. The molecule has 0 aliphatic carbocycles. The molecule has 0 aliphatic heterocycles. The van der Waals surface area contributed by atoms with Crippen LogP contribution in [0.2, 0.25) is 0 Å². The van der Waals surface area contributed by atoms with Crippen molar-refractivity contribution in [3.63, 3.8) is 0 Å². The van der Waals surface area contributed by atoms with Crippen molar-refractivity contribution in [2.45, 2.75) is 6.92 Å². The lowest BCUT2D eigenvalue weighted by Gasteiger charge is -2.13. The van der Waals surface area contributed by atoms with E-state index in [0.29, 0.717) is 23.8 Å². The quantitative estimate of drug-likeness (QED) is 0.467. The van der Waals surface area contributed by atoms with Gasteiger partial charge in [-0.3, -0.25) is 10.1 Å². The molecule has 0 atom stereocenters. The molecule has 7 nitrogen and oxygen atoms in total. The Morgan fingerprint density at radius 1 is 1.21 bits per heavy atom. The number of para-hydroxylation sites is 2. The first-order valence-corrected chi connectivity index (χ1v) is 7.58. The van der Waals surface area contributed by atoms with Crippen LogP contribution in [0.4, 0.5) is 17.1 Å². The van der Waals surface area contributed by atoms with E-state index >= 15 is 0 Å². The number of nitrogens with one attached hydrogen (secondary N) is 2. The van der Waals surface area contributed by atoms with Gasteiger partial charge in [0.15, 0.2) is 5.11 Å². The number of nitro groups is 1. The molecule has 126 valence electrons. The Morgan fingerprint density at radius 2 is 1.92 bits per heavy atom. The molecule has 0 bridgehead atoms. The summed E-state index contributed by atoms with van der Waals surface area (Å²) in [7, 11) is 1.55. The van der Waals surface area contributed by atoms with Crippen LogP contribution in [-0.4, -0.2) is 23.8 Å². The van der Waals surface area contributed by atoms with Crippen LogP contribution in [-0.2, 0) is 0 Å². The van der Waals surface area contributed by atoms with Gasteiger partial charge in [0.05, 0.1) is 30.4 Å². The molecule has 0 aliphatic rings. The fourth-order valence-corrected chi connectivity index (χ4v) is 2.27. The predicted molar refractivity (Wildman–Crippen MR) is 97.1 cm³/mol. The van der Waals surface area contributed by atoms with Crippen molar-refractivity contribution in [1.82, 2.24) is 0 Å². The third kappa shape index (κ3) is 4.32. The Bertz CT molecular complexity index is 752. The summed E-state index contributed by atoms with van der Waals surface area (Å²) in [5.74, 6) is 1.04. The SMILES string of the molecule is CCOc1ccc(NC(=S)Nc2ccccc2OC)c([N+](=O)[O-])c1. The van der Waals surface area contributed by atoms with Crippen LogP contribution in [0.5, 0.6) is 11.5 Å². The van der Waals surface area contributed by atoms with Crippen LogP contribution in [0, 0.1) is 10.1 Å². The average Bonchev–Trinajstić information content (AvgIpc) is 2.56. The van der Waals surface area contributed by atoms with Gasteiger partial charge < -0.3 is 20.1 Å². The third-order valence-corrected chi connectivity index (χ3v) is 3.28. The summed E-state index contributed by atoms with van der Waals surface area (Å²) in [4.78, 5) is 10.8. The largest absolute Gasteiger partial charge is 0.495 e. The standard InChI is InChI=1S/C16H17N3O4S/c1-3-23-11-8-9-12(14(10-11)19(20)21)17-16(24)18-13-6-4-5-7-15(13)22-2/h4-10H,3H2,1-2H3,(H2,17,18,24). The molecule has 24 heavy (non-hydrogen) atoms. The zero-order valence-corrected chi connectivity index (χ0v) is 14.1. The minimum atomic E-state index is -0.490. The normalized spacial score (nSPS) is 9.92. The maximum absolute atomic E-state index is 11.2. The monoisotopic (exact) mass is 347 g/mol. The second-order valence-electron chi connectivity index (χ2n) is 4.65. The number of anilines is 2. The van der Waals surface area contributed by atoms with Gasteiger partial charge in [-0.25, -0.2) is 0 Å². The first-order chi connectivity index (χ1) is 11.5. The molecule has 2 aromatic carbocycles. The first kappa shape index (κ1) is 17.5. The van der Waals surface area contributed by atoms with E-state index in [-0.39, 0.29) is 16.5 Å². The van der Waals surface area contributed by atoms with Crippen LogP contribution in [0.25, 0.3) is 0 Å². The van der Waals surface area contributed by atoms with Gasteiger partial charge in [-0.15, -0.1) is 0 Å². The highest BCUT2D eigenvalue weighted by Crippen LogP contribution is 2.30. The zero-order valence-electron chi connectivity index (χ0n) is 13.2. The van der Waals surface area contributed by atoms with Crippen LogP contribution in [0.3, 0.4) is 0 Å². The van der Waals surface area contributed by atoms with Gasteiger partial charge in [-0.2, -0.15) is 0 Å². The molecule has 0 spiro atoms. The molecule has 0 unspecified atom stereocenters. The summed E-state index contributed by atoms with van der Waals surface area (Å²) >= 11 is 5.22. The van der Waals surface area contributed by atoms with Gasteiger partial charge in [0, 0.05) is 0 Å². The molecule has 2 N–H and O–H groups in total. The van der Waals surface area contributed by atoms with Crippen molar-refractivity contribution in [1.29, 1.82) is 0 Å². The molecule has 0 saturated carbocycles. The summed E-state index contributed by atoms with van der Waals surface area (Å²) < 4.78 is 10.5. The number of rotatable bonds is 6. The number of ether oxygens (including phenoxy) is 2. The summed E-state index contributed by atoms with van der Waals surface area (Å²) in [6.07, 6.45) is 0.